The van der Waals surface area contributed by atoms with E-state index in [2.05, 4.69) is 6.07 Å². The summed E-state index contributed by atoms with van der Waals surface area (Å²) in [5.74, 6) is 0.105. The first-order valence-corrected chi connectivity index (χ1v) is 5.55. The van der Waals surface area contributed by atoms with Gasteiger partial charge in [0.1, 0.15) is 5.41 Å². The number of nitriles is 1. The van der Waals surface area contributed by atoms with Crippen LogP contribution in [0.15, 0.2) is 18.2 Å². The molecule has 0 aromatic heterocycles. The van der Waals surface area contributed by atoms with Crippen LogP contribution in [0.25, 0.3) is 0 Å². The minimum Gasteiger partial charge on any atom is -0.377 e. The third-order valence-electron chi connectivity index (χ3n) is 3.62. The van der Waals surface area contributed by atoms with Crippen molar-refractivity contribution in [3.05, 3.63) is 29.3 Å². The lowest BCUT2D eigenvalue weighted by Crippen LogP contribution is -2.45. The molecule has 4 heteroatoms. The molecule has 3 rings (SSSR count). The molecule has 1 aromatic carbocycles. The Labute approximate surface area is 99.4 Å². The van der Waals surface area contributed by atoms with Gasteiger partial charge in [0.15, 0.2) is 0 Å². The van der Waals surface area contributed by atoms with Crippen molar-refractivity contribution in [1.29, 1.82) is 5.26 Å². The van der Waals surface area contributed by atoms with Gasteiger partial charge in [0.25, 0.3) is 0 Å². The number of fused-ring (bicyclic) bond motifs is 1. The van der Waals surface area contributed by atoms with Gasteiger partial charge in [-0.15, -0.1) is 0 Å². The number of carbonyl (C=O) groups is 1. The predicted molar refractivity (Wildman–Crippen MR) is 61.7 cm³/mol. The van der Waals surface area contributed by atoms with Crippen LogP contribution in [0.2, 0.25) is 0 Å². The molecule has 0 radical (unpaired) electrons. The van der Waals surface area contributed by atoms with Gasteiger partial charge in [0.2, 0.25) is 5.91 Å². The molecule has 1 saturated heterocycles. The Kier molecular flexibility index (Phi) is 2.01. The zero-order valence-corrected chi connectivity index (χ0v) is 9.56. The molecule has 86 valence electrons. The first-order chi connectivity index (χ1) is 8.16. The maximum Gasteiger partial charge on any atom is 0.231 e. The molecule has 1 aromatic rings. The quantitative estimate of drug-likeness (QED) is 0.720. The van der Waals surface area contributed by atoms with Crippen molar-refractivity contribution in [2.75, 3.05) is 25.2 Å². The molecule has 2 heterocycles. The van der Waals surface area contributed by atoms with Gasteiger partial charge in [-0.25, -0.2) is 0 Å². The molecule has 1 fully saturated rings. The molecular weight excluding hydrogens is 216 g/mol. The third-order valence-corrected chi connectivity index (χ3v) is 3.62. The van der Waals surface area contributed by atoms with Crippen molar-refractivity contribution in [3.8, 4) is 6.07 Å². The van der Waals surface area contributed by atoms with E-state index < -0.39 is 5.41 Å². The Hall–Kier alpha value is -1.86. The number of amides is 1. The van der Waals surface area contributed by atoms with Gasteiger partial charge in [0.05, 0.1) is 25.7 Å². The average Bonchev–Trinajstić information content (AvgIpc) is 2.54. The van der Waals surface area contributed by atoms with E-state index in [-0.39, 0.29) is 5.91 Å². The van der Waals surface area contributed by atoms with E-state index >= 15 is 0 Å². The Balaban J connectivity index is 2.04. The summed E-state index contributed by atoms with van der Waals surface area (Å²) in [6.07, 6.45) is 0.433. The van der Waals surface area contributed by atoms with Crippen molar-refractivity contribution in [2.45, 2.75) is 11.8 Å². The summed E-state index contributed by atoms with van der Waals surface area (Å²) in [4.78, 5) is 13.2. The molecule has 0 spiro atoms. The lowest BCUT2D eigenvalue weighted by molar-refractivity contribution is -0.117. The largest absolute Gasteiger partial charge is 0.377 e. The molecule has 4 nitrogen and oxygen atoms in total. The van der Waals surface area contributed by atoms with Crippen LogP contribution in [-0.4, -0.2) is 26.2 Å². The fourth-order valence-corrected chi connectivity index (χ4v) is 2.37. The number of rotatable bonds is 1. The van der Waals surface area contributed by atoms with E-state index in [0.29, 0.717) is 19.6 Å². The Morgan fingerprint density at radius 2 is 2.24 bits per heavy atom. The molecule has 0 unspecified atom stereocenters. The maximum absolute atomic E-state index is 11.6. The van der Waals surface area contributed by atoms with Crippen LogP contribution in [0, 0.1) is 11.3 Å². The van der Waals surface area contributed by atoms with Gasteiger partial charge in [-0.05, 0) is 17.2 Å². The third kappa shape index (κ3) is 1.29. The summed E-state index contributed by atoms with van der Waals surface area (Å²) in [5.41, 5.74) is 2.43. The van der Waals surface area contributed by atoms with Crippen LogP contribution >= 0.6 is 0 Å². The fourth-order valence-electron chi connectivity index (χ4n) is 2.37. The second-order valence-electron chi connectivity index (χ2n) is 4.66. The zero-order chi connectivity index (χ0) is 12.0. The van der Waals surface area contributed by atoms with Gasteiger partial charge in [0, 0.05) is 12.7 Å². The van der Waals surface area contributed by atoms with Crippen LogP contribution in [0.4, 0.5) is 5.69 Å². The fraction of sp³-hybridized carbons (Fsp3) is 0.385. The standard InChI is InChI=1S/C13H12N2O2/c1-15-11-3-2-10(4-9(11)5-12(15)16)13(6-14)7-17-8-13/h2-4H,5,7-8H2,1H3. The Morgan fingerprint density at radius 1 is 1.47 bits per heavy atom. The molecule has 0 bridgehead atoms. The van der Waals surface area contributed by atoms with E-state index in [9.17, 15) is 10.1 Å². The van der Waals surface area contributed by atoms with Gasteiger partial charge >= 0.3 is 0 Å². The normalized spacial score (nSPS) is 20.7. The summed E-state index contributed by atoms with van der Waals surface area (Å²) in [6.45, 7) is 0.901. The Bertz CT molecular complexity index is 541. The van der Waals surface area contributed by atoms with Crippen molar-refractivity contribution < 1.29 is 9.53 Å². The highest BCUT2D eigenvalue weighted by molar-refractivity contribution is 6.01. The highest BCUT2D eigenvalue weighted by Crippen LogP contribution is 2.36. The number of likely N-dealkylation sites (N-methyl/N-ethyl adjacent to an activating group) is 1. The lowest BCUT2D eigenvalue weighted by Gasteiger charge is -2.35. The van der Waals surface area contributed by atoms with Crippen LogP contribution < -0.4 is 4.90 Å². The SMILES string of the molecule is CN1C(=O)Cc2cc(C3(C#N)COC3)ccc21. The second-order valence-corrected chi connectivity index (χ2v) is 4.66. The van der Waals surface area contributed by atoms with E-state index in [1.807, 2.05) is 18.2 Å². The van der Waals surface area contributed by atoms with Crippen molar-refractivity contribution in [2.24, 2.45) is 0 Å². The molecule has 0 saturated carbocycles. The van der Waals surface area contributed by atoms with Gasteiger partial charge in [-0.2, -0.15) is 5.26 Å². The van der Waals surface area contributed by atoms with E-state index in [1.54, 1.807) is 11.9 Å². The molecule has 17 heavy (non-hydrogen) atoms. The summed E-state index contributed by atoms with van der Waals surface area (Å²) in [6, 6.07) is 8.15. The zero-order valence-electron chi connectivity index (χ0n) is 9.56. The number of nitrogens with zero attached hydrogens (tertiary/aromatic N) is 2. The Morgan fingerprint density at radius 3 is 2.82 bits per heavy atom. The average molecular weight is 228 g/mol. The van der Waals surface area contributed by atoms with Crippen molar-refractivity contribution >= 4 is 11.6 Å². The van der Waals surface area contributed by atoms with E-state index in [4.69, 9.17) is 4.74 Å². The highest BCUT2D eigenvalue weighted by Gasteiger charge is 2.41. The topological polar surface area (TPSA) is 53.3 Å². The summed E-state index contributed by atoms with van der Waals surface area (Å²) in [7, 11) is 1.78. The van der Waals surface area contributed by atoms with E-state index in [1.165, 1.54) is 0 Å². The molecule has 0 atom stereocenters. The molecule has 2 aliphatic rings. The summed E-state index contributed by atoms with van der Waals surface area (Å²) in [5, 5.41) is 9.24. The minimum absolute atomic E-state index is 0.105. The number of anilines is 1. The first-order valence-electron chi connectivity index (χ1n) is 5.55. The molecule has 0 aliphatic carbocycles. The molecule has 0 N–H and O–H groups in total. The number of benzene rings is 1. The number of hydrogen-bond donors (Lipinski definition) is 0. The second kappa shape index (κ2) is 3.31. The van der Waals surface area contributed by atoms with Crippen molar-refractivity contribution in [1.82, 2.24) is 0 Å². The monoisotopic (exact) mass is 228 g/mol. The smallest absolute Gasteiger partial charge is 0.231 e. The lowest BCUT2D eigenvalue weighted by atomic mass is 9.79. The van der Waals surface area contributed by atoms with Gasteiger partial charge in [-0.3, -0.25) is 4.79 Å². The van der Waals surface area contributed by atoms with Crippen LogP contribution in [0.1, 0.15) is 11.1 Å². The summed E-state index contributed by atoms with van der Waals surface area (Å²) >= 11 is 0. The van der Waals surface area contributed by atoms with Crippen LogP contribution in [0.5, 0.6) is 0 Å². The van der Waals surface area contributed by atoms with E-state index in [0.717, 1.165) is 16.8 Å². The number of ether oxygens (including phenoxy) is 1. The molecule has 2 aliphatic heterocycles. The van der Waals surface area contributed by atoms with Crippen LogP contribution in [0.3, 0.4) is 0 Å². The predicted octanol–water partition coefficient (Wildman–Crippen LogP) is 0.997. The number of hydrogen-bond acceptors (Lipinski definition) is 3. The van der Waals surface area contributed by atoms with Crippen molar-refractivity contribution in [3.63, 3.8) is 0 Å². The highest BCUT2D eigenvalue weighted by atomic mass is 16.5. The van der Waals surface area contributed by atoms with Gasteiger partial charge in [-0.1, -0.05) is 12.1 Å². The van der Waals surface area contributed by atoms with Gasteiger partial charge < -0.3 is 9.64 Å². The number of carbonyl (C=O) groups excluding carboxylic acids is 1. The molecular formula is C13H12N2O2. The maximum atomic E-state index is 11.6. The van der Waals surface area contributed by atoms with Crippen LogP contribution in [-0.2, 0) is 21.4 Å². The molecule has 1 amide bonds. The first kappa shape index (κ1) is 10.3. The summed E-state index contributed by atoms with van der Waals surface area (Å²) < 4.78 is 5.15. The minimum atomic E-state index is -0.501.